The van der Waals surface area contributed by atoms with Crippen LogP contribution in [0.2, 0.25) is 0 Å². The molecule has 128 valence electrons. The number of piperazine rings is 1. The Morgan fingerprint density at radius 1 is 1.00 bits per heavy atom. The molecule has 0 amide bonds. The van der Waals surface area contributed by atoms with Gasteiger partial charge in [0.25, 0.3) is 5.56 Å². The fourth-order valence-electron chi connectivity index (χ4n) is 3.88. The molecular formula is C18H30N4O. The van der Waals surface area contributed by atoms with Gasteiger partial charge in [-0.1, -0.05) is 19.3 Å². The monoisotopic (exact) mass is 318 g/mol. The SMILES string of the molecule is Cc1ccc(=O)n(CCN2CCN(CC3CCCCC3)CC2)n1. The van der Waals surface area contributed by atoms with Crippen LogP contribution in [-0.2, 0) is 6.54 Å². The minimum Gasteiger partial charge on any atom is -0.301 e. The fraction of sp³-hybridized carbons (Fsp3) is 0.778. The van der Waals surface area contributed by atoms with E-state index in [1.165, 1.54) is 51.7 Å². The van der Waals surface area contributed by atoms with Crippen LogP contribution in [0.1, 0.15) is 37.8 Å². The summed E-state index contributed by atoms with van der Waals surface area (Å²) in [5, 5.41) is 4.32. The minimum absolute atomic E-state index is 0.00605. The third kappa shape index (κ3) is 4.88. The highest BCUT2D eigenvalue weighted by molar-refractivity contribution is 4.97. The molecule has 0 radical (unpaired) electrons. The smallest absolute Gasteiger partial charge is 0.266 e. The minimum atomic E-state index is 0.00605. The maximum atomic E-state index is 11.8. The Balaban J connectivity index is 1.40. The van der Waals surface area contributed by atoms with Crippen molar-refractivity contribution in [3.8, 4) is 0 Å². The van der Waals surface area contributed by atoms with Crippen LogP contribution in [0.5, 0.6) is 0 Å². The molecule has 1 aliphatic carbocycles. The average Bonchev–Trinajstić information content (AvgIpc) is 2.58. The predicted octanol–water partition coefficient (Wildman–Crippen LogP) is 1.75. The molecule has 0 atom stereocenters. The van der Waals surface area contributed by atoms with E-state index in [1.54, 1.807) is 16.8 Å². The van der Waals surface area contributed by atoms with Crippen molar-refractivity contribution >= 4 is 0 Å². The lowest BCUT2D eigenvalue weighted by Gasteiger charge is -2.37. The zero-order valence-electron chi connectivity index (χ0n) is 14.4. The Bertz CT molecular complexity index is 542. The summed E-state index contributed by atoms with van der Waals surface area (Å²) >= 11 is 0. The molecule has 1 aromatic heterocycles. The van der Waals surface area contributed by atoms with Crippen LogP contribution < -0.4 is 5.56 Å². The summed E-state index contributed by atoms with van der Waals surface area (Å²) in [6, 6.07) is 3.40. The van der Waals surface area contributed by atoms with Crippen molar-refractivity contribution < 1.29 is 0 Å². The van der Waals surface area contributed by atoms with E-state index in [-0.39, 0.29) is 5.56 Å². The molecule has 0 unspecified atom stereocenters. The summed E-state index contributed by atoms with van der Waals surface area (Å²) in [6.45, 7) is 9.43. The van der Waals surface area contributed by atoms with Crippen LogP contribution >= 0.6 is 0 Å². The molecule has 0 spiro atoms. The molecule has 5 nitrogen and oxygen atoms in total. The van der Waals surface area contributed by atoms with Crippen molar-refractivity contribution in [3.63, 3.8) is 0 Å². The van der Waals surface area contributed by atoms with Crippen molar-refractivity contribution in [2.24, 2.45) is 5.92 Å². The van der Waals surface area contributed by atoms with E-state index < -0.39 is 0 Å². The fourth-order valence-corrected chi connectivity index (χ4v) is 3.88. The van der Waals surface area contributed by atoms with Gasteiger partial charge in [0.05, 0.1) is 12.2 Å². The number of nitrogens with zero attached hydrogens (tertiary/aromatic N) is 4. The topological polar surface area (TPSA) is 41.4 Å². The molecule has 1 saturated heterocycles. The van der Waals surface area contributed by atoms with Crippen molar-refractivity contribution in [1.29, 1.82) is 0 Å². The van der Waals surface area contributed by atoms with E-state index in [2.05, 4.69) is 14.9 Å². The van der Waals surface area contributed by atoms with Gasteiger partial charge in [-0.05, 0) is 31.7 Å². The molecule has 0 aromatic carbocycles. The van der Waals surface area contributed by atoms with Crippen LogP contribution in [0.25, 0.3) is 0 Å². The first kappa shape index (κ1) is 16.7. The van der Waals surface area contributed by atoms with E-state index in [9.17, 15) is 4.79 Å². The number of hydrogen-bond donors (Lipinski definition) is 0. The molecule has 1 saturated carbocycles. The Labute approximate surface area is 139 Å². The molecule has 23 heavy (non-hydrogen) atoms. The highest BCUT2D eigenvalue weighted by atomic mass is 16.1. The lowest BCUT2D eigenvalue weighted by Crippen LogP contribution is -2.48. The second-order valence-corrected chi connectivity index (χ2v) is 7.18. The van der Waals surface area contributed by atoms with Crippen molar-refractivity contribution in [2.45, 2.75) is 45.6 Å². The highest BCUT2D eigenvalue weighted by Crippen LogP contribution is 2.24. The van der Waals surface area contributed by atoms with Crippen LogP contribution in [-0.4, -0.2) is 58.8 Å². The standard InChI is InChI=1S/C18H30N4O/c1-16-7-8-18(23)22(19-16)14-13-20-9-11-21(12-10-20)15-17-5-3-2-4-6-17/h7-8,17H,2-6,9-15H2,1H3. The van der Waals surface area contributed by atoms with Crippen LogP contribution in [0, 0.1) is 12.8 Å². The summed E-state index contributed by atoms with van der Waals surface area (Å²) in [4.78, 5) is 16.9. The van der Waals surface area contributed by atoms with Crippen LogP contribution in [0.3, 0.4) is 0 Å². The first-order valence-electron chi connectivity index (χ1n) is 9.20. The third-order valence-electron chi connectivity index (χ3n) is 5.33. The molecule has 0 bridgehead atoms. The van der Waals surface area contributed by atoms with Crippen LogP contribution in [0.4, 0.5) is 0 Å². The number of rotatable bonds is 5. The van der Waals surface area contributed by atoms with Crippen molar-refractivity contribution in [1.82, 2.24) is 19.6 Å². The van der Waals surface area contributed by atoms with Gasteiger partial charge in [-0.25, -0.2) is 4.68 Å². The Morgan fingerprint density at radius 3 is 2.43 bits per heavy atom. The average molecular weight is 318 g/mol. The Hall–Kier alpha value is -1.20. The summed E-state index contributed by atoms with van der Waals surface area (Å²) < 4.78 is 1.60. The molecule has 2 fully saturated rings. The summed E-state index contributed by atoms with van der Waals surface area (Å²) in [5.41, 5.74) is 0.911. The lowest BCUT2D eigenvalue weighted by atomic mass is 9.89. The van der Waals surface area contributed by atoms with Gasteiger partial charge < -0.3 is 4.90 Å². The van der Waals surface area contributed by atoms with Gasteiger partial charge in [0.1, 0.15) is 0 Å². The second-order valence-electron chi connectivity index (χ2n) is 7.18. The second kappa shape index (κ2) is 8.06. The van der Waals surface area contributed by atoms with Gasteiger partial charge in [0.2, 0.25) is 0 Å². The molecule has 2 aliphatic rings. The molecule has 3 rings (SSSR count). The Morgan fingerprint density at radius 2 is 1.70 bits per heavy atom. The number of aryl methyl sites for hydroxylation is 1. The Kier molecular flexibility index (Phi) is 5.84. The molecular weight excluding hydrogens is 288 g/mol. The third-order valence-corrected chi connectivity index (χ3v) is 5.33. The molecule has 1 aliphatic heterocycles. The van der Waals surface area contributed by atoms with Gasteiger partial charge in [-0.2, -0.15) is 5.10 Å². The number of hydrogen-bond acceptors (Lipinski definition) is 4. The maximum absolute atomic E-state index is 11.8. The summed E-state index contributed by atoms with van der Waals surface area (Å²) in [6.07, 6.45) is 7.17. The largest absolute Gasteiger partial charge is 0.301 e. The lowest BCUT2D eigenvalue weighted by molar-refractivity contribution is 0.106. The van der Waals surface area contributed by atoms with Gasteiger partial charge in [0.15, 0.2) is 0 Å². The van der Waals surface area contributed by atoms with Crippen molar-refractivity contribution in [2.75, 3.05) is 39.3 Å². The first-order valence-corrected chi connectivity index (χ1v) is 9.20. The number of aromatic nitrogens is 2. The van der Waals surface area contributed by atoms with Crippen molar-refractivity contribution in [3.05, 3.63) is 28.2 Å². The zero-order valence-corrected chi connectivity index (χ0v) is 14.4. The summed E-state index contributed by atoms with van der Waals surface area (Å²) in [5.74, 6) is 0.936. The van der Waals surface area contributed by atoms with Gasteiger partial charge in [-0.3, -0.25) is 9.69 Å². The van der Waals surface area contributed by atoms with Gasteiger partial charge in [0, 0.05) is 45.3 Å². The zero-order chi connectivity index (χ0) is 16.1. The van der Waals surface area contributed by atoms with Gasteiger partial charge in [-0.15, -0.1) is 0 Å². The summed E-state index contributed by atoms with van der Waals surface area (Å²) in [7, 11) is 0. The quantitative estimate of drug-likeness (QED) is 0.829. The van der Waals surface area contributed by atoms with E-state index in [4.69, 9.17) is 0 Å². The molecule has 0 N–H and O–H groups in total. The first-order chi connectivity index (χ1) is 11.2. The molecule has 2 heterocycles. The van der Waals surface area contributed by atoms with E-state index in [1.807, 2.05) is 6.92 Å². The van der Waals surface area contributed by atoms with E-state index in [0.29, 0.717) is 6.54 Å². The highest BCUT2D eigenvalue weighted by Gasteiger charge is 2.21. The predicted molar refractivity (Wildman–Crippen MR) is 92.7 cm³/mol. The maximum Gasteiger partial charge on any atom is 0.266 e. The van der Waals surface area contributed by atoms with Crippen LogP contribution in [0.15, 0.2) is 16.9 Å². The van der Waals surface area contributed by atoms with E-state index >= 15 is 0 Å². The molecule has 1 aromatic rings. The van der Waals surface area contributed by atoms with Gasteiger partial charge >= 0.3 is 0 Å². The normalized spacial score (nSPS) is 21.6. The van der Waals surface area contributed by atoms with E-state index in [0.717, 1.165) is 31.2 Å². The molecule has 5 heteroatoms.